The molecule has 0 aliphatic heterocycles. The molecule has 0 saturated heterocycles. The lowest BCUT2D eigenvalue weighted by atomic mass is 10.2. The highest BCUT2D eigenvalue weighted by Gasteiger charge is 2.50. The molecule has 0 saturated carbocycles. The number of alkyl halides is 6. The second-order valence-corrected chi connectivity index (χ2v) is 6.10. The molecule has 2 N–H and O–H groups in total. The zero-order valence-corrected chi connectivity index (χ0v) is 15.8. The number of ether oxygens (including phenoxy) is 2. The maximum Gasteiger partial charge on any atom is 0.525 e. The van der Waals surface area contributed by atoms with Crippen LogP contribution in [-0.2, 0) is 4.74 Å². The number of rotatable bonds is 6. The lowest BCUT2D eigenvalue weighted by molar-refractivity contribution is -0.411. The standard InChI is InChI=1S/C17H9ClF8N2O4/c18-8-6-7(4-5-11(8)31-16(22,23)14(21)32-17(24,25)26)27-15(30)28-13(29)12-9(19)2-1-3-10(12)20/h1-6,14H,(H2,27,28,29,30)/t14-/m1/s1. The molecule has 0 aliphatic carbocycles. The van der Waals surface area contributed by atoms with E-state index in [-0.39, 0.29) is 5.69 Å². The Morgan fingerprint density at radius 3 is 2.12 bits per heavy atom. The fourth-order valence-corrected chi connectivity index (χ4v) is 2.30. The Labute approximate surface area is 178 Å². The molecule has 0 radical (unpaired) electrons. The number of nitrogens with one attached hydrogen (secondary N) is 2. The van der Waals surface area contributed by atoms with E-state index in [4.69, 9.17) is 11.6 Å². The second-order valence-electron chi connectivity index (χ2n) is 5.69. The molecule has 0 aromatic heterocycles. The fraction of sp³-hybridized carbons (Fsp3) is 0.176. The molecule has 0 spiro atoms. The van der Waals surface area contributed by atoms with Crippen molar-refractivity contribution in [3.05, 3.63) is 58.6 Å². The zero-order chi connectivity index (χ0) is 24.3. The lowest BCUT2D eigenvalue weighted by Gasteiger charge is -2.22. The molecule has 0 fully saturated rings. The first kappa shape index (κ1) is 25.1. The summed E-state index contributed by atoms with van der Waals surface area (Å²) in [5.41, 5.74) is -1.32. The molecule has 3 amide bonds. The van der Waals surface area contributed by atoms with Crippen LogP contribution in [0.1, 0.15) is 10.4 Å². The van der Waals surface area contributed by atoms with Gasteiger partial charge in [0.2, 0.25) is 0 Å². The Bertz CT molecular complexity index is 998. The minimum atomic E-state index is -5.71. The van der Waals surface area contributed by atoms with E-state index < -0.39 is 58.7 Å². The second kappa shape index (κ2) is 9.56. The third-order valence-electron chi connectivity index (χ3n) is 3.35. The van der Waals surface area contributed by atoms with Crippen molar-refractivity contribution < 1.29 is 54.2 Å². The summed E-state index contributed by atoms with van der Waals surface area (Å²) in [5, 5.41) is 2.86. The Hall–Kier alpha value is -3.13. The first-order valence-corrected chi connectivity index (χ1v) is 8.39. The third kappa shape index (κ3) is 6.68. The smallest absolute Gasteiger partial charge is 0.427 e. The number of amides is 3. The average molecular weight is 493 g/mol. The number of hydrogen-bond donors (Lipinski definition) is 2. The van der Waals surface area contributed by atoms with Crippen LogP contribution in [0.3, 0.4) is 0 Å². The van der Waals surface area contributed by atoms with E-state index >= 15 is 0 Å². The van der Waals surface area contributed by atoms with Crippen molar-refractivity contribution in [1.82, 2.24) is 5.32 Å². The molecule has 32 heavy (non-hydrogen) atoms. The van der Waals surface area contributed by atoms with Gasteiger partial charge in [0, 0.05) is 5.69 Å². The van der Waals surface area contributed by atoms with Crippen LogP contribution in [0.2, 0.25) is 5.02 Å². The van der Waals surface area contributed by atoms with Crippen LogP contribution in [-0.4, -0.2) is 30.8 Å². The van der Waals surface area contributed by atoms with E-state index in [1.165, 1.54) is 0 Å². The molecule has 174 valence electrons. The van der Waals surface area contributed by atoms with E-state index in [0.29, 0.717) is 6.07 Å². The number of benzene rings is 2. The molecule has 2 aromatic carbocycles. The highest BCUT2D eigenvalue weighted by atomic mass is 35.5. The average Bonchev–Trinajstić information content (AvgIpc) is 2.62. The number of urea groups is 1. The Morgan fingerprint density at radius 2 is 1.59 bits per heavy atom. The Morgan fingerprint density at radius 1 is 1.00 bits per heavy atom. The summed E-state index contributed by atoms with van der Waals surface area (Å²) in [6, 6.07) is 3.43. The first-order valence-electron chi connectivity index (χ1n) is 8.01. The monoisotopic (exact) mass is 492 g/mol. The molecule has 0 aliphatic rings. The van der Waals surface area contributed by atoms with Crippen molar-refractivity contribution in [1.29, 1.82) is 0 Å². The highest BCUT2D eigenvalue weighted by molar-refractivity contribution is 6.32. The van der Waals surface area contributed by atoms with Crippen LogP contribution in [0.5, 0.6) is 5.75 Å². The van der Waals surface area contributed by atoms with Crippen LogP contribution < -0.4 is 15.4 Å². The molecule has 2 aromatic rings. The highest BCUT2D eigenvalue weighted by Crippen LogP contribution is 2.35. The predicted octanol–water partition coefficient (Wildman–Crippen LogP) is 5.38. The van der Waals surface area contributed by atoms with Crippen LogP contribution in [0, 0.1) is 11.6 Å². The molecule has 0 heterocycles. The molecule has 0 bridgehead atoms. The van der Waals surface area contributed by atoms with Crippen molar-refractivity contribution in [3.63, 3.8) is 0 Å². The van der Waals surface area contributed by atoms with E-state index in [1.807, 2.05) is 5.32 Å². The number of carbonyl (C=O) groups is 2. The van der Waals surface area contributed by atoms with Gasteiger partial charge < -0.3 is 10.1 Å². The summed E-state index contributed by atoms with van der Waals surface area (Å²) in [4.78, 5) is 23.6. The van der Waals surface area contributed by atoms with Crippen molar-refractivity contribution in [2.45, 2.75) is 18.8 Å². The third-order valence-corrected chi connectivity index (χ3v) is 3.65. The van der Waals surface area contributed by atoms with Crippen LogP contribution in [0.15, 0.2) is 36.4 Å². The maximum atomic E-state index is 13.5. The summed E-state index contributed by atoms with van der Waals surface area (Å²) >= 11 is 5.62. The molecule has 2 rings (SSSR count). The largest absolute Gasteiger partial charge is 0.525 e. The van der Waals surface area contributed by atoms with Gasteiger partial charge in [-0.3, -0.25) is 10.1 Å². The van der Waals surface area contributed by atoms with Gasteiger partial charge >= 0.3 is 24.9 Å². The van der Waals surface area contributed by atoms with Gasteiger partial charge in [-0.15, -0.1) is 13.2 Å². The SMILES string of the molecule is O=C(NC(=O)c1c(F)cccc1F)Nc1ccc(OC(F)(F)[C@H](F)OC(F)(F)F)c(Cl)c1. The predicted molar refractivity (Wildman–Crippen MR) is 91.9 cm³/mol. The summed E-state index contributed by atoms with van der Waals surface area (Å²) in [5.74, 6) is -4.93. The van der Waals surface area contributed by atoms with Gasteiger partial charge in [-0.1, -0.05) is 17.7 Å². The van der Waals surface area contributed by atoms with Crippen LogP contribution in [0.25, 0.3) is 0 Å². The topological polar surface area (TPSA) is 76.7 Å². The Kier molecular flexibility index (Phi) is 7.51. The molecule has 1 atom stereocenters. The quantitative estimate of drug-likeness (QED) is 0.531. The lowest BCUT2D eigenvalue weighted by Crippen LogP contribution is -2.41. The van der Waals surface area contributed by atoms with Crippen molar-refractivity contribution in [3.8, 4) is 5.75 Å². The van der Waals surface area contributed by atoms with Gasteiger partial charge in [-0.05, 0) is 30.3 Å². The van der Waals surface area contributed by atoms with Gasteiger partial charge in [-0.25, -0.2) is 22.7 Å². The summed E-state index contributed by atoms with van der Waals surface area (Å²) in [7, 11) is 0. The van der Waals surface area contributed by atoms with Gasteiger partial charge in [0.05, 0.1) is 5.02 Å². The minimum absolute atomic E-state index is 0.270. The number of anilines is 1. The zero-order valence-electron chi connectivity index (χ0n) is 15.1. The molecule has 6 nitrogen and oxygen atoms in total. The summed E-state index contributed by atoms with van der Waals surface area (Å²) < 4.78 is 109. The van der Waals surface area contributed by atoms with E-state index in [2.05, 4.69) is 9.47 Å². The fourth-order valence-electron chi connectivity index (χ4n) is 2.08. The van der Waals surface area contributed by atoms with E-state index in [0.717, 1.165) is 30.3 Å². The number of imide groups is 1. The van der Waals surface area contributed by atoms with Gasteiger partial charge in [-0.2, -0.15) is 8.78 Å². The van der Waals surface area contributed by atoms with Gasteiger partial charge in [0.25, 0.3) is 5.91 Å². The summed E-state index contributed by atoms with van der Waals surface area (Å²) in [6.07, 6.45) is -15.0. The van der Waals surface area contributed by atoms with Crippen LogP contribution in [0.4, 0.5) is 45.6 Å². The molecule has 0 unspecified atom stereocenters. The van der Waals surface area contributed by atoms with E-state index in [9.17, 15) is 44.7 Å². The molecular formula is C17H9ClF8N2O4. The van der Waals surface area contributed by atoms with Crippen molar-refractivity contribution in [2.75, 3.05) is 5.32 Å². The maximum absolute atomic E-state index is 13.5. The molecule has 15 heteroatoms. The Balaban J connectivity index is 2.05. The van der Waals surface area contributed by atoms with Crippen molar-refractivity contribution >= 4 is 29.2 Å². The minimum Gasteiger partial charge on any atom is -0.427 e. The van der Waals surface area contributed by atoms with E-state index in [1.54, 1.807) is 5.32 Å². The first-order chi connectivity index (χ1) is 14.7. The normalized spacial score (nSPS) is 12.8. The summed E-state index contributed by atoms with van der Waals surface area (Å²) in [6.45, 7) is 0. The number of halogens is 9. The van der Waals surface area contributed by atoms with Crippen LogP contribution >= 0.6 is 11.6 Å². The van der Waals surface area contributed by atoms with Gasteiger partial charge in [0.1, 0.15) is 22.9 Å². The number of carbonyl (C=O) groups excluding carboxylic acids is 2. The van der Waals surface area contributed by atoms with Gasteiger partial charge in [0.15, 0.2) is 0 Å². The molecular weight excluding hydrogens is 484 g/mol. The van der Waals surface area contributed by atoms with Crippen molar-refractivity contribution in [2.24, 2.45) is 0 Å². The number of hydrogen-bond acceptors (Lipinski definition) is 4.